The molecule has 2 aromatic carbocycles. The van der Waals surface area contributed by atoms with Gasteiger partial charge in [0, 0.05) is 38.3 Å². The summed E-state index contributed by atoms with van der Waals surface area (Å²) in [5, 5.41) is 42.4. The Kier molecular flexibility index (Phi) is 17.9. The molecule has 0 spiro atoms. The van der Waals surface area contributed by atoms with Crippen LogP contribution in [0.2, 0.25) is 0 Å². The van der Waals surface area contributed by atoms with E-state index in [1.54, 1.807) is 51.6 Å². The fraction of sp³-hybridized carbons (Fsp3) is 0.500. The Morgan fingerprint density at radius 3 is 1.17 bits per heavy atom. The predicted molar refractivity (Wildman–Crippen MR) is 115 cm³/mol. The maximum absolute atomic E-state index is 13.3. The van der Waals surface area contributed by atoms with Gasteiger partial charge in [-0.1, -0.05) is 39.2 Å². The quantitative estimate of drug-likeness (QED) is 0.393. The second kappa shape index (κ2) is 17.7. The third kappa shape index (κ3) is 15.8. The molecule has 35 heavy (non-hydrogen) atoms. The molecule has 0 aliphatic carbocycles. The predicted octanol–water partition coefficient (Wildman–Crippen LogP) is 1.46. The molecule has 0 heterocycles. The SMILES string of the molecule is CC(C)[O-].CC(C)[O-].CN(CCN(C)Cc1cc(F)cc(F)c1[O-])Cc1cc(F)cc(F)c1[O-].[Ti+4]. The Hall–Kier alpha value is -1.69. The Labute approximate surface area is 219 Å². The van der Waals surface area contributed by atoms with Crippen LogP contribution in [-0.2, 0) is 34.8 Å². The van der Waals surface area contributed by atoms with Crippen LogP contribution >= 0.6 is 0 Å². The molecule has 0 bridgehead atoms. The molecule has 0 fully saturated rings. The Bertz CT molecular complexity index is 812. The molecule has 0 radical (unpaired) electrons. The fourth-order valence-electron chi connectivity index (χ4n) is 2.54. The standard InChI is InChI=1S/C18H20F4N2O2.2C3H7O.Ti/c1-23(9-11-5-13(19)7-15(21)17(11)25)3-4-24(2)10-12-6-14(20)8-16(22)18(12)26;2*1-3(2)4;/h5-8,25-26H,3-4,9-10H2,1-2H3;2*3H,1-2H3;/q;2*-1;+4/p-2. The molecule has 6 nitrogen and oxygen atoms in total. The maximum Gasteiger partial charge on any atom is 4.00 e. The van der Waals surface area contributed by atoms with Crippen molar-refractivity contribution in [3.8, 4) is 11.5 Å². The number of hydrogen-bond acceptors (Lipinski definition) is 6. The number of benzene rings is 2. The van der Waals surface area contributed by atoms with Crippen molar-refractivity contribution in [1.29, 1.82) is 0 Å². The van der Waals surface area contributed by atoms with E-state index in [4.69, 9.17) is 0 Å². The summed E-state index contributed by atoms with van der Waals surface area (Å²) in [5.74, 6) is -5.61. The minimum atomic E-state index is -1.14. The zero-order valence-electron chi connectivity index (χ0n) is 20.8. The molecule has 0 saturated heterocycles. The maximum atomic E-state index is 13.3. The van der Waals surface area contributed by atoms with Crippen LogP contribution in [0.4, 0.5) is 17.6 Å². The second-order valence-electron chi connectivity index (χ2n) is 8.32. The summed E-state index contributed by atoms with van der Waals surface area (Å²) in [5.41, 5.74) is 0.00315. The first-order valence-corrected chi connectivity index (χ1v) is 10.6. The fourth-order valence-corrected chi connectivity index (χ4v) is 2.54. The Morgan fingerprint density at radius 1 is 0.657 bits per heavy atom. The average Bonchev–Trinajstić information content (AvgIpc) is 2.67. The van der Waals surface area contributed by atoms with Crippen molar-refractivity contribution in [2.45, 2.75) is 53.0 Å². The van der Waals surface area contributed by atoms with Crippen molar-refractivity contribution >= 4 is 0 Å². The van der Waals surface area contributed by atoms with E-state index in [2.05, 4.69) is 0 Å². The Balaban J connectivity index is 0. The number of halogens is 4. The molecule has 0 N–H and O–H groups in total. The molecule has 0 amide bonds. The van der Waals surface area contributed by atoms with Gasteiger partial charge in [-0.15, -0.1) is 12.2 Å². The zero-order chi connectivity index (χ0) is 26.6. The molecule has 2 aromatic rings. The van der Waals surface area contributed by atoms with E-state index in [0.717, 1.165) is 12.1 Å². The summed E-state index contributed by atoms with van der Waals surface area (Å²) in [6.45, 7) is 7.34. The van der Waals surface area contributed by atoms with Crippen LogP contribution in [0.3, 0.4) is 0 Å². The minimum Gasteiger partial charge on any atom is -0.870 e. The van der Waals surface area contributed by atoms with Crippen molar-refractivity contribution in [1.82, 2.24) is 9.80 Å². The van der Waals surface area contributed by atoms with Crippen molar-refractivity contribution in [2.75, 3.05) is 27.2 Å². The zero-order valence-corrected chi connectivity index (χ0v) is 22.4. The van der Waals surface area contributed by atoms with Crippen LogP contribution in [-0.4, -0.2) is 49.2 Å². The second-order valence-corrected chi connectivity index (χ2v) is 8.32. The Morgan fingerprint density at radius 2 is 0.914 bits per heavy atom. The molecule has 0 unspecified atom stereocenters. The molecule has 194 valence electrons. The van der Waals surface area contributed by atoms with Gasteiger partial charge in [-0.05, 0) is 37.4 Å². The molecule has 0 aliphatic heterocycles. The van der Waals surface area contributed by atoms with Crippen LogP contribution in [0, 0.1) is 23.3 Å². The molecule has 0 aliphatic rings. The summed E-state index contributed by atoms with van der Waals surface area (Å²) >= 11 is 0. The van der Waals surface area contributed by atoms with E-state index in [-0.39, 0.29) is 45.9 Å². The van der Waals surface area contributed by atoms with Gasteiger partial charge in [-0.25, -0.2) is 17.6 Å². The first kappa shape index (κ1) is 35.5. The van der Waals surface area contributed by atoms with Crippen molar-refractivity contribution in [3.05, 3.63) is 58.7 Å². The van der Waals surface area contributed by atoms with E-state index < -0.39 is 47.0 Å². The largest absolute Gasteiger partial charge is 4.00 e. The van der Waals surface area contributed by atoms with Crippen molar-refractivity contribution in [2.24, 2.45) is 0 Å². The molecule has 0 saturated carbocycles. The van der Waals surface area contributed by atoms with Crippen LogP contribution in [0.5, 0.6) is 11.5 Å². The van der Waals surface area contributed by atoms with Gasteiger partial charge in [-0.3, -0.25) is 0 Å². The average molecular weight is 536 g/mol. The summed E-state index contributed by atoms with van der Waals surface area (Å²) in [6, 6.07) is 3.06. The first-order chi connectivity index (χ1) is 15.6. The van der Waals surface area contributed by atoms with Gasteiger partial charge in [0.25, 0.3) is 0 Å². The van der Waals surface area contributed by atoms with Crippen LogP contribution in [0.25, 0.3) is 0 Å². The van der Waals surface area contributed by atoms with Crippen LogP contribution in [0.1, 0.15) is 38.8 Å². The normalized spacial score (nSPS) is 10.6. The van der Waals surface area contributed by atoms with Gasteiger partial charge < -0.3 is 30.2 Å². The summed E-state index contributed by atoms with van der Waals surface area (Å²) < 4.78 is 53.0. The van der Waals surface area contributed by atoms with Gasteiger partial charge in [0.15, 0.2) is 0 Å². The number of nitrogens with zero attached hydrogens (tertiary/aromatic N) is 2. The smallest absolute Gasteiger partial charge is 0.870 e. The van der Waals surface area contributed by atoms with Gasteiger partial charge in [0.1, 0.15) is 23.3 Å². The van der Waals surface area contributed by atoms with Crippen LogP contribution in [0.15, 0.2) is 24.3 Å². The number of hydrogen-bond donors (Lipinski definition) is 0. The molecular weight excluding hydrogens is 504 g/mol. The van der Waals surface area contributed by atoms with Gasteiger partial charge >= 0.3 is 21.7 Å². The third-order valence-electron chi connectivity index (χ3n) is 3.91. The van der Waals surface area contributed by atoms with Crippen LogP contribution < -0.4 is 20.4 Å². The van der Waals surface area contributed by atoms with Gasteiger partial charge in [0.2, 0.25) is 0 Å². The number of likely N-dealkylation sites (N-methyl/N-ethyl adjacent to an activating group) is 2. The monoisotopic (exact) mass is 536 g/mol. The molecule has 11 heteroatoms. The summed E-state index contributed by atoms with van der Waals surface area (Å²) in [7, 11) is 3.33. The van der Waals surface area contributed by atoms with Gasteiger partial charge in [0.05, 0.1) is 0 Å². The molecule has 0 atom stereocenters. The van der Waals surface area contributed by atoms with Gasteiger partial charge in [-0.2, -0.15) is 0 Å². The molecule has 2 rings (SSSR count). The van der Waals surface area contributed by atoms with E-state index in [9.17, 15) is 38.0 Å². The third-order valence-corrected chi connectivity index (χ3v) is 3.91. The van der Waals surface area contributed by atoms with Crippen molar-refractivity contribution < 1.29 is 59.7 Å². The van der Waals surface area contributed by atoms with E-state index >= 15 is 0 Å². The molecular formula is C24H32F4N2O4Ti. The van der Waals surface area contributed by atoms with Crippen molar-refractivity contribution in [3.63, 3.8) is 0 Å². The van der Waals surface area contributed by atoms with E-state index in [0.29, 0.717) is 25.2 Å². The van der Waals surface area contributed by atoms with E-state index in [1.165, 1.54) is 0 Å². The van der Waals surface area contributed by atoms with E-state index in [1.807, 2.05) is 0 Å². The minimum absolute atomic E-state index is 0. The summed E-state index contributed by atoms with van der Waals surface area (Å²) in [6.07, 6.45) is -0.833. The number of rotatable bonds is 7. The first-order valence-electron chi connectivity index (χ1n) is 10.6. The topological polar surface area (TPSA) is 98.7 Å². The summed E-state index contributed by atoms with van der Waals surface area (Å²) in [4.78, 5) is 3.35. The molecule has 0 aromatic heterocycles.